The summed E-state index contributed by atoms with van der Waals surface area (Å²) in [6.45, 7) is 13.6. The normalized spacial score (nSPS) is 13.8. The molecule has 0 amide bonds. The monoisotopic (exact) mass is 288 g/mol. The highest BCUT2D eigenvalue weighted by atomic mass is 28.4. The Bertz CT molecular complexity index is 318. The Balaban J connectivity index is 4.76. The molecular weight excluding hydrogens is 260 g/mol. The molecule has 0 aliphatic rings. The van der Waals surface area contributed by atoms with Gasteiger partial charge in [-0.15, -0.1) is 0 Å². The lowest BCUT2D eigenvalue weighted by atomic mass is 10.1. The third-order valence-corrected chi connectivity index (χ3v) is 7.88. The summed E-state index contributed by atoms with van der Waals surface area (Å²) in [7, 11) is -2.16. The number of hydrogen-bond donors (Lipinski definition) is 0. The third kappa shape index (κ3) is 6.23. The average Bonchev–Trinajstić information content (AvgIpc) is 2.21. The van der Waals surface area contributed by atoms with E-state index in [4.69, 9.17) is 9.16 Å². The highest BCUT2D eigenvalue weighted by Crippen LogP contribution is 2.37. The summed E-state index contributed by atoms with van der Waals surface area (Å²) in [5.41, 5.74) is 0. The van der Waals surface area contributed by atoms with E-state index in [1.54, 1.807) is 0 Å². The van der Waals surface area contributed by atoms with Crippen molar-refractivity contribution in [1.82, 2.24) is 0 Å². The molecule has 0 saturated carbocycles. The minimum atomic E-state index is -2.16. The molecule has 19 heavy (non-hydrogen) atoms. The second-order valence-corrected chi connectivity index (χ2v) is 11.1. The lowest BCUT2D eigenvalue weighted by molar-refractivity contribution is -0.161. The van der Waals surface area contributed by atoms with Gasteiger partial charge in [0.15, 0.2) is 6.10 Å². The van der Waals surface area contributed by atoms with E-state index in [0.717, 1.165) is 12.8 Å². The molecule has 5 heteroatoms. The van der Waals surface area contributed by atoms with Crippen molar-refractivity contribution < 1.29 is 18.8 Å². The van der Waals surface area contributed by atoms with Crippen molar-refractivity contribution in [2.75, 3.05) is 0 Å². The van der Waals surface area contributed by atoms with Gasteiger partial charge in [0.1, 0.15) is 0 Å². The molecule has 0 aromatic heterocycles. The molecule has 112 valence electrons. The summed E-state index contributed by atoms with van der Waals surface area (Å²) in [4.78, 5) is 23.2. The first-order valence-corrected chi connectivity index (χ1v) is 9.82. The zero-order valence-electron chi connectivity index (χ0n) is 13.3. The largest absolute Gasteiger partial charge is 0.516 e. The van der Waals surface area contributed by atoms with Crippen LogP contribution in [0.4, 0.5) is 0 Å². The van der Waals surface area contributed by atoms with E-state index in [0.29, 0.717) is 6.42 Å². The van der Waals surface area contributed by atoms with Crippen molar-refractivity contribution in [3.05, 3.63) is 0 Å². The summed E-state index contributed by atoms with van der Waals surface area (Å²) in [6, 6.07) is 0. The van der Waals surface area contributed by atoms with Gasteiger partial charge in [0.25, 0.3) is 8.32 Å². The first kappa shape index (κ1) is 18.2. The van der Waals surface area contributed by atoms with Crippen molar-refractivity contribution in [2.45, 2.75) is 78.1 Å². The maximum absolute atomic E-state index is 12.2. The SMILES string of the molecule is CCCCC(OC(C)=O)C(=O)O[Si](C)(C)C(C)(C)C. The van der Waals surface area contributed by atoms with Crippen LogP contribution < -0.4 is 0 Å². The van der Waals surface area contributed by atoms with Crippen LogP contribution in [0, 0.1) is 0 Å². The number of carbonyl (C=O) groups excluding carboxylic acids is 2. The van der Waals surface area contributed by atoms with Crippen molar-refractivity contribution in [3.8, 4) is 0 Å². The number of esters is 1. The summed E-state index contributed by atoms with van der Waals surface area (Å²) in [5, 5.41) is -0.0474. The molecule has 0 radical (unpaired) electrons. The Kier molecular flexibility index (Phi) is 6.76. The van der Waals surface area contributed by atoms with Crippen LogP contribution in [0.3, 0.4) is 0 Å². The number of ether oxygens (including phenoxy) is 1. The van der Waals surface area contributed by atoms with Crippen LogP contribution in [0.5, 0.6) is 0 Å². The van der Waals surface area contributed by atoms with Gasteiger partial charge in [0.05, 0.1) is 0 Å². The second-order valence-electron chi connectivity index (χ2n) is 6.42. The van der Waals surface area contributed by atoms with E-state index in [1.807, 2.05) is 20.0 Å². The van der Waals surface area contributed by atoms with Crippen molar-refractivity contribution >= 4 is 20.3 Å². The molecule has 0 spiro atoms. The quantitative estimate of drug-likeness (QED) is 0.553. The fourth-order valence-electron chi connectivity index (χ4n) is 1.29. The van der Waals surface area contributed by atoms with Gasteiger partial charge in [-0.3, -0.25) is 4.79 Å². The fourth-order valence-corrected chi connectivity index (χ4v) is 2.23. The zero-order valence-corrected chi connectivity index (χ0v) is 14.3. The lowest BCUT2D eigenvalue weighted by Crippen LogP contribution is -2.45. The van der Waals surface area contributed by atoms with E-state index in [1.165, 1.54) is 6.92 Å². The maximum atomic E-state index is 12.2. The minimum Gasteiger partial charge on any atom is -0.516 e. The molecule has 0 aromatic rings. The Morgan fingerprint density at radius 1 is 1.21 bits per heavy atom. The molecule has 0 aliphatic heterocycles. The van der Waals surface area contributed by atoms with E-state index in [2.05, 4.69) is 20.8 Å². The molecule has 0 saturated heterocycles. The van der Waals surface area contributed by atoms with Crippen molar-refractivity contribution in [1.29, 1.82) is 0 Å². The van der Waals surface area contributed by atoms with Gasteiger partial charge in [-0.2, -0.15) is 0 Å². The summed E-state index contributed by atoms with van der Waals surface area (Å²) < 4.78 is 10.8. The smallest absolute Gasteiger partial charge is 0.334 e. The molecule has 0 bridgehead atoms. The highest BCUT2D eigenvalue weighted by Gasteiger charge is 2.42. The second kappa shape index (κ2) is 7.08. The molecule has 1 atom stereocenters. The minimum absolute atomic E-state index is 0.0474. The third-order valence-electron chi connectivity index (χ3n) is 3.55. The molecule has 0 aromatic carbocycles. The molecule has 0 N–H and O–H groups in total. The van der Waals surface area contributed by atoms with Gasteiger partial charge in [-0.25, -0.2) is 4.79 Å². The number of rotatable bonds is 6. The van der Waals surface area contributed by atoms with Crippen LogP contribution in [0.25, 0.3) is 0 Å². The molecule has 0 rings (SSSR count). The van der Waals surface area contributed by atoms with E-state index >= 15 is 0 Å². The van der Waals surface area contributed by atoms with E-state index < -0.39 is 26.4 Å². The van der Waals surface area contributed by atoms with Gasteiger partial charge >= 0.3 is 11.9 Å². The van der Waals surface area contributed by atoms with Crippen molar-refractivity contribution in [2.24, 2.45) is 0 Å². The van der Waals surface area contributed by atoms with Crippen LogP contribution in [0.1, 0.15) is 53.9 Å². The summed E-state index contributed by atoms with van der Waals surface area (Å²) in [5.74, 6) is -0.830. The maximum Gasteiger partial charge on any atom is 0.334 e. The molecule has 0 fully saturated rings. The van der Waals surface area contributed by atoms with Gasteiger partial charge < -0.3 is 9.16 Å². The van der Waals surface area contributed by atoms with Gasteiger partial charge in [-0.1, -0.05) is 34.1 Å². The first-order valence-electron chi connectivity index (χ1n) is 6.91. The average molecular weight is 288 g/mol. The van der Waals surface area contributed by atoms with Gasteiger partial charge in [0.2, 0.25) is 0 Å². The predicted octanol–water partition coefficient (Wildman–Crippen LogP) is 3.66. The van der Waals surface area contributed by atoms with Crippen LogP contribution in [0.2, 0.25) is 18.1 Å². The summed E-state index contributed by atoms with van der Waals surface area (Å²) >= 11 is 0. The van der Waals surface area contributed by atoms with Crippen LogP contribution in [-0.2, 0) is 18.8 Å². The molecule has 4 nitrogen and oxygen atoms in total. The van der Waals surface area contributed by atoms with Crippen LogP contribution >= 0.6 is 0 Å². The fraction of sp³-hybridized carbons (Fsp3) is 0.857. The topological polar surface area (TPSA) is 52.6 Å². The molecular formula is C14H28O4Si. The predicted molar refractivity (Wildman–Crippen MR) is 78.4 cm³/mol. The Morgan fingerprint density at radius 2 is 1.74 bits per heavy atom. The first-order chi connectivity index (χ1) is 8.51. The molecule has 0 aliphatic carbocycles. The Morgan fingerprint density at radius 3 is 2.11 bits per heavy atom. The number of unbranched alkanes of at least 4 members (excludes halogenated alkanes) is 1. The zero-order chi connectivity index (χ0) is 15.3. The highest BCUT2D eigenvalue weighted by molar-refractivity contribution is 6.75. The molecule has 1 unspecified atom stereocenters. The lowest BCUT2D eigenvalue weighted by Gasteiger charge is -2.36. The number of carbonyl (C=O) groups is 2. The standard InChI is InChI=1S/C14H28O4Si/c1-8-9-10-12(17-11(2)15)13(16)18-19(6,7)14(3,4)5/h12H,8-10H2,1-7H3. The van der Waals surface area contributed by atoms with Gasteiger partial charge in [-0.05, 0) is 31.0 Å². The van der Waals surface area contributed by atoms with Gasteiger partial charge in [0, 0.05) is 6.92 Å². The van der Waals surface area contributed by atoms with Crippen LogP contribution in [0.15, 0.2) is 0 Å². The van der Waals surface area contributed by atoms with E-state index in [-0.39, 0.29) is 5.04 Å². The Hall–Kier alpha value is -0.843. The Labute approximate surface area is 118 Å². The number of hydrogen-bond acceptors (Lipinski definition) is 4. The van der Waals surface area contributed by atoms with Crippen LogP contribution in [-0.4, -0.2) is 26.4 Å². The van der Waals surface area contributed by atoms with Crippen molar-refractivity contribution in [3.63, 3.8) is 0 Å². The van der Waals surface area contributed by atoms with E-state index in [9.17, 15) is 9.59 Å². The summed E-state index contributed by atoms with van der Waals surface area (Å²) in [6.07, 6.45) is 1.56. The molecule has 0 heterocycles.